The Balaban J connectivity index is 1.88. The highest BCUT2D eigenvalue weighted by molar-refractivity contribution is 7.14. The van der Waals surface area contributed by atoms with E-state index in [2.05, 4.69) is 15.6 Å². The van der Waals surface area contributed by atoms with Crippen LogP contribution in [0.25, 0.3) is 0 Å². The van der Waals surface area contributed by atoms with Gasteiger partial charge >= 0.3 is 5.97 Å². The van der Waals surface area contributed by atoms with Gasteiger partial charge in [0, 0.05) is 11.8 Å². The van der Waals surface area contributed by atoms with E-state index in [-0.39, 0.29) is 17.5 Å². The molecule has 0 saturated carbocycles. The summed E-state index contributed by atoms with van der Waals surface area (Å²) in [7, 11) is 0. The van der Waals surface area contributed by atoms with Crippen LogP contribution in [0.5, 0.6) is 0 Å². The molecule has 0 fully saturated rings. The van der Waals surface area contributed by atoms with Crippen LogP contribution in [0.15, 0.2) is 35.7 Å². The van der Waals surface area contributed by atoms with Crippen LogP contribution in [0.2, 0.25) is 0 Å². The molecule has 0 bridgehead atoms. The van der Waals surface area contributed by atoms with Gasteiger partial charge in [0.25, 0.3) is 5.91 Å². The maximum atomic E-state index is 12.2. The van der Waals surface area contributed by atoms with E-state index < -0.39 is 17.9 Å². The second kappa shape index (κ2) is 9.82. The summed E-state index contributed by atoms with van der Waals surface area (Å²) in [4.78, 5) is 39.6. The van der Waals surface area contributed by atoms with Gasteiger partial charge in [-0.15, -0.1) is 11.3 Å². The number of aryl methyl sites for hydroxylation is 1. The van der Waals surface area contributed by atoms with E-state index in [1.165, 1.54) is 5.38 Å². The summed E-state index contributed by atoms with van der Waals surface area (Å²) in [6.45, 7) is 3.77. The topological polar surface area (TPSA) is 108 Å². The standard InChI is InChI=1S/C19H23N3O4S/c1-12(2)10-14(18(25)26)20-17(24)15-11-27-19(21-15)22-16(23)9-8-13-6-4-3-5-7-13/h3-7,11-12,14H,8-10H2,1-2H3,(H,20,24)(H,25,26)(H,21,22,23). The molecule has 7 nitrogen and oxygen atoms in total. The SMILES string of the molecule is CC(C)CC(NC(=O)c1csc(NC(=O)CCc2ccccc2)n1)C(=O)O. The fourth-order valence-electron chi connectivity index (χ4n) is 2.44. The Kier molecular flexibility index (Phi) is 7.48. The first-order valence-electron chi connectivity index (χ1n) is 8.68. The van der Waals surface area contributed by atoms with Gasteiger partial charge < -0.3 is 15.7 Å². The number of aromatic nitrogens is 1. The maximum absolute atomic E-state index is 12.2. The second-order valence-electron chi connectivity index (χ2n) is 6.57. The van der Waals surface area contributed by atoms with Gasteiger partial charge in [0.05, 0.1) is 0 Å². The quantitative estimate of drug-likeness (QED) is 0.611. The normalized spacial score (nSPS) is 11.8. The number of anilines is 1. The summed E-state index contributed by atoms with van der Waals surface area (Å²) in [5.74, 6) is -1.71. The first-order valence-corrected chi connectivity index (χ1v) is 9.56. The summed E-state index contributed by atoms with van der Waals surface area (Å²) >= 11 is 1.13. The van der Waals surface area contributed by atoms with Gasteiger partial charge in [-0.05, 0) is 24.3 Å². The number of carbonyl (C=O) groups is 3. The number of amides is 2. The van der Waals surface area contributed by atoms with Gasteiger partial charge in [0.2, 0.25) is 5.91 Å². The summed E-state index contributed by atoms with van der Waals surface area (Å²) in [6.07, 6.45) is 1.25. The highest BCUT2D eigenvalue weighted by Gasteiger charge is 2.23. The third-order valence-corrected chi connectivity index (χ3v) is 4.53. The highest BCUT2D eigenvalue weighted by atomic mass is 32.1. The highest BCUT2D eigenvalue weighted by Crippen LogP contribution is 2.16. The largest absolute Gasteiger partial charge is 0.480 e. The summed E-state index contributed by atoms with van der Waals surface area (Å²) < 4.78 is 0. The number of nitrogens with one attached hydrogen (secondary N) is 2. The zero-order valence-corrected chi connectivity index (χ0v) is 16.1. The van der Waals surface area contributed by atoms with E-state index in [0.29, 0.717) is 24.4 Å². The molecule has 1 aromatic heterocycles. The molecule has 2 rings (SSSR count). The summed E-state index contributed by atoms with van der Waals surface area (Å²) in [6, 6.07) is 8.69. The Morgan fingerprint density at radius 1 is 1.19 bits per heavy atom. The predicted molar refractivity (Wildman–Crippen MR) is 104 cm³/mol. The number of thiazole rings is 1. The van der Waals surface area contributed by atoms with Crippen LogP contribution in [0, 0.1) is 5.92 Å². The van der Waals surface area contributed by atoms with Crippen molar-refractivity contribution in [2.75, 3.05) is 5.32 Å². The smallest absolute Gasteiger partial charge is 0.326 e. The van der Waals surface area contributed by atoms with Crippen molar-refractivity contribution >= 4 is 34.3 Å². The molecule has 1 unspecified atom stereocenters. The molecule has 1 atom stereocenters. The van der Waals surface area contributed by atoms with Crippen molar-refractivity contribution in [3.63, 3.8) is 0 Å². The average molecular weight is 389 g/mol. The number of hydrogen-bond donors (Lipinski definition) is 3. The number of aliphatic carboxylic acids is 1. The Morgan fingerprint density at radius 3 is 2.52 bits per heavy atom. The van der Waals surface area contributed by atoms with Crippen molar-refractivity contribution < 1.29 is 19.5 Å². The number of hydrogen-bond acceptors (Lipinski definition) is 5. The van der Waals surface area contributed by atoms with E-state index in [1.807, 2.05) is 44.2 Å². The molecule has 27 heavy (non-hydrogen) atoms. The van der Waals surface area contributed by atoms with E-state index >= 15 is 0 Å². The predicted octanol–water partition coefficient (Wildman–Crippen LogP) is 2.94. The van der Waals surface area contributed by atoms with Crippen molar-refractivity contribution in [1.82, 2.24) is 10.3 Å². The van der Waals surface area contributed by atoms with Crippen LogP contribution in [-0.4, -0.2) is 33.9 Å². The zero-order chi connectivity index (χ0) is 19.8. The second-order valence-corrected chi connectivity index (χ2v) is 7.42. The Labute approximate surface area is 161 Å². The van der Waals surface area contributed by atoms with Gasteiger partial charge in [-0.1, -0.05) is 44.2 Å². The van der Waals surface area contributed by atoms with Crippen molar-refractivity contribution in [1.29, 1.82) is 0 Å². The molecule has 1 heterocycles. The minimum atomic E-state index is -1.08. The number of carbonyl (C=O) groups excluding carboxylic acids is 2. The lowest BCUT2D eigenvalue weighted by Gasteiger charge is -2.15. The van der Waals surface area contributed by atoms with Crippen LogP contribution in [0.1, 0.15) is 42.7 Å². The van der Waals surface area contributed by atoms with E-state index in [0.717, 1.165) is 16.9 Å². The zero-order valence-electron chi connectivity index (χ0n) is 15.3. The molecule has 8 heteroatoms. The molecular weight excluding hydrogens is 366 g/mol. The minimum Gasteiger partial charge on any atom is -0.480 e. The van der Waals surface area contributed by atoms with Crippen molar-refractivity contribution in [3.05, 3.63) is 47.0 Å². The fourth-order valence-corrected chi connectivity index (χ4v) is 3.15. The molecular formula is C19H23N3O4S. The molecule has 0 aliphatic heterocycles. The van der Waals surface area contributed by atoms with Crippen LogP contribution >= 0.6 is 11.3 Å². The fraction of sp³-hybridized carbons (Fsp3) is 0.368. The van der Waals surface area contributed by atoms with Crippen LogP contribution in [-0.2, 0) is 16.0 Å². The van der Waals surface area contributed by atoms with Gasteiger partial charge in [-0.2, -0.15) is 0 Å². The Hall–Kier alpha value is -2.74. The van der Waals surface area contributed by atoms with Gasteiger partial charge in [-0.25, -0.2) is 9.78 Å². The third-order valence-electron chi connectivity index (χ3n) is 3.78. The number of carboxylic acids is 1. The average Bonchev–Trinajstić information content (AvgIpc) is 3.08. The lowest BCUT2D eigenvalue weighted by Crippen LogP contribution is -2.41. The minimum absolute atomic E-state index is 0.0911. The Morgan fingerprint density at radius 2 is 1.89 bits per heavy atom. The number of benzene rings is 1. The Bertz CT molecular complexity index is 789. The van der Waals surface area contributed by atoms with Gasteiger partial charge in [0.15, 0.2) is 5.13 Å². The maximum Gasteiger partial charge on any atom is 0.326 e. The molecule has 2 amide bonds. The number of nitrogens with zero attached hydrogens (tertiary/aromatic N) is 1. The van der Waals surface area contributed by atoms with Crippen molar-refractivity contribution in [2.24, 2.45) is 5.92 Å². The molecule has 1 aromatic carbocycles. The van der Waals surface area contributed by atoms with Crippen molar-refractivity contribution in [2.45, 2.75) is 39.2 Å². The monoisotopic (exact) mass is 389 g/mol. The van der Waals surface area contributed by atoms with Crippen LogP contribution < -0.4 is 10.6 Å². The van der Waals surface area contributed by atoms with Gasteiger partial charge in [0.1, 0.15) is 11.7 Å². The van der Waals surface area contributed by atoms with Crippen molar-refractivity contribution in [3.8, 4) is 0 Å². The van der Waals surface area contributed by atoms with E-state index in [4.69, 9.17) is 0 Å². The van der Waals surface area contributed by atoms with E-state index in [9.17, 15) is 19.5 Å². The number of carboxylic acid groups (broad SMARTS) is 1. The van der Waals surface area contributed by atoms with Gasteiger partial charge in [-0.3, -0.25) is 9.59 Å². The molecule has 0 saturated heterocycles. The first kappa shape index (κ1) is 20.6. The molecule has 2 aromatic rings. The molecule has 144 valence electrons. The lowest BCUT2D eigenvalue weighted by molar-refractivity contribution is -0.139. The molecule has 0 radical (unpaired) electrons. The van der Waals surface area contributed by atoms with Crippen LogP contribution in [0.4, 0.5) is 5.13 Å². The number of rotatable bonds is 9. The first-order chi connectivity index (χ1) is 12.8. The lowest BCUT2D eigenvalue weighted by atomic mass is 10.0. The van der Waals surface area contributed by atoms with E-state index in [1.54, 1.807) is 0 Å². The third kappa shape index (κ3) is 6.82. The van der Waals surface area contributed by atoms with Crippen LogP contribution in [0.3, 0.4) is 0 Å². The summed E-state index contributed by atoms with van der Waals surface area (Å²) in [5, 5.41) is 16.2. The molecule has 0 spiro atoms. The molecule has 0 aliphatic carbocycles. The molecule has 3 N–H and O–H groups in total. The molecule has 0 aliphatic rings. The summed E-state index contributed by atoms with van der Waals surface area (Å²) in [5.41, 5.74) is 1.16.